The van der Waals surface area contributed by atoms with Crippen molar-refractivity contribution in [2.24, 2.45) is 0 Å². The molecule has 0 spiro atoms. The van der Waals surface area contributed by atoms with Gasteiger partial charge in [-0.25, -0.2) is 0 Å². The molecule has 3 rings (SSSR count). The van der Waals surface area contributed by atoms with Crippen LogP contribution in [0.15, 0.2) is 78.9 Å². The minimum absolute atomic E-state index is 0.389. The van der Waals surface area contributed by atoms with Crippen LogP contribution < -0.4 is 14.8 Å². The number of ether oxygens (including phenoxy) is 1. The Morgan fingerprint density at radius 1 is 0.696 bits per heavy atom. The predicted octanol–water partition coefficient (Wildman–Crippen LogP) is 3.37. The fourth-order valence-corrected chi connectivity index (χ4v) is 2.24. The van der Waals surface area contributed by atoms with E-state index < -0.39 is 0 Å². The Morgan fingerprint density at radius 3 is 1.87 bits per heavy atom. The van der Waals surface area contributed by atoms with Crippen LogP contribution in [0.3, 0.4) is 0 Å². The molecule has 1 N–H and O–H groups in total. The zero-order chi connectivity index (χ0) is 16.1. The van der Waals surface area contributed by atoms with Gasteiger partial charge in [0.05, 0.1) is 7.11 Å². The second-order valence-electron chi connectivity index (χ2n) is 5.01. The minimum atomic E-state index is -0.389. The Kier molecular flexibility index (Phi) is 4.57. The molecule has 0 amide bonds. The Balaban J connectivity index is 1.70. The molecule has 4 nitrogen and oxygen atoms in total. The quantitative estimate of drug-likeness (QED) is 0.735. The fourth-order valence-electron chi connectivity index (χ4n) is 2.24. The molecule has 3 aromatic carbocycles. The highest BCUT2D eigenvalue weighted by molar-refractivity contribution is 5.63. The molecule has 0 aliphatic carbocycles. The zero-order valence-corrected chi connectivity index (χ0v) is 12.7. The van der Waals surface area contributed by atoms with Crippen molar-refractivity contribution in [3.63, 3.8) is 0 Å². The van der Waals surface area contributed by atoms with E-state index in [4.69, 9.17) is 9.57 Å². The second-order valence-corrected chi connectivity index (χ2v) is 5.01. The van der Waals surface area contributed by atoms with Gasteiger partial charge in [0, 0.05) is 12.1 Å². The number of nitrogens with one attached hydrogen (secondary N) is 1. The van der Waals surface area contributed by atoms with Gasteiger partial charge in [0.15, 0.2) is 11.4 Å². The lowest BCUT2D eigenvalue weighted by Gasteiger charge is -2.20. The molecule has 0 radical (unpaired) electrons. The molecule has 0 saturated carbocycles. The van der Waals surface area contributed by atoms with E-state index in [-0.39, 0.29) is 5.23 Å². The number of rotatable bonds is 5. The van der Waals surface area contributed by atoms with Crippen molar-refractivity contribution in [3.8, 4) is 22.6 Å². The van der Waals surface area contributed by atoms with Crippen LogP contribution in [0.5, 0.6) is 11.5 Å². The first-order valence-electron chi connectivity index (χ1n) is 7.28. The molecule has 116 valence electrons. The van der Waals surface area contributed by atoms with Crippen LogP contribution in [0.25, 0.3) is 11.1 Å². The summed E-state index contributed by atoms with van der Waals surface area (Å²) in [6, 6.07) is 24.3. The highest BCUT2D eigenvalue weighted by Crippen LogP contribution is 2.21. The lowest BCUT2D eigenvalue weighted by molar-refractivity contribution is -0.963. The third-order valence-corrected chi connectivity index (χ3v) is 3.50. The molecule has 0 aliphatic heterocycles. The summed E-state index contributed by atoms with van der Waals surface area (Å²) in [5.74, 6) is 1.22. The van der Waals surface area contributed by atoms with Crippen LogP contribution in [0, 0.1) is 5.21 Å². The van der Waals surface area contributed by atoms with E-state index in [1.54, 1.807) is 43.5 Å². The van der Waals surface area contributed by atoms with Gasteiger partial charge in [-0.05, 0) is 35.4 Å². The first kappa shape index (κ1) is 15.1. The molecule has 0 bridgehead atoms. The van der Waals surface area contributed by atoms with E-state index in [1.807, 2.05) is 42.5 Å². The van der Waals surface area contributed by atoms with Crippen LogP contribution in [0.2, 0.25) is 0 Å². The zero-order valence-electron chi connectivity index (χ0n) is 12.7. The Hall–Kier alpha value is -2.82. The largest absolute Gasteiger partial charge is 0.585 e. The second kappa shape index (κ2) is 6.96. The third kappa shape index (κ3) is 3.69. The summed E-state index contributed by atoms with van der Waals surface area (Å²) >= 11 is 0. The molecule has 0 aromatic heterocycles. The van der Waals surface area contributed by atoms with Gasteiger partial charge in [0.1, 0.15) is 5.75 Å². The van der Waals surface area contributed by atoms with E-state index in [2.05, 4.69) is 0 Å². The molecule has 0 fully saturated rings. The van der Waals surface area contributed by atoms with E-state index >= 15 is 0 Å². The van der Waals surface area contributed by atoms with Crippen molar-refractivity contribution in [1.82, 2.24) is 0 Å². The molecule has 4 heteroatoms. The van der Waals surface area contributed by atoms with Crippen LogP contribution in [-0.4, -0.2) is 7.11 Å². The first-order valence-corrected chi connectivity index (χ1v) is 7.28. The van der Waals surface area contributed by atoms with Crippen LogP contribution in [0.4, 0.5) is 5.69 Å². The summed E-state index contributed by atoms with van der Waals surface area (Å²) in [5, 5.41) is 11.7. The Labute approximate surface area is 135 Å². The lowest BCUT2D eigenvalue weighted by Crippen LogP contribution is -3.04. The van der Waals surface area contributed by atoms with Gasteiger partial charge in [0.25, 0.3) is 0 Å². The van der Waals surface area contributed by atoms with Crippen LogP contribution >= 0.6 is 0 Å². The topological polar surface area (TPSA) is 46.0 Å². The van der Waals surface area contributed by atoms with E-state index in [0.717, 1.165) is 11.1 Å². The molecule has 23 heavy (non-hydrogen) atoms. The summed E-state index contributed by atoms with van der Waals surface area (Å²) in [6.45, 7) is 0. The van der Waals surface area contributed by atoms with Crippen LogP contribution in [-0.2, 0) is 0 Å². The molecule has 1 atom stereocenters. The molecular weight excluding hydrogens is 290 g/mol. The fraction of sp³-hybridized carbons (Fsp3) is 0.0526. The van der Waals surface area contributed by atoms with Gasteiger partial charge >= 0.3 is 0 Å². The average molecular weight is 307 g/mol. The standard InChI is InChI=1S/C19H17NO3/c1-22-18-13-9-17(10-14-18)20(21)23-19-11-7-16(8-12-19)15-5-3-2-4-6-15/h2-14,20H,1H3. The van der Waals surface area contributed by atoms with Crippen molar-refractivity contribution < 1.29 is 14.8 Å². The van der Waals surface area contributed by atoms with E-state index in [0.29, 0.717) is 17.2 Å². The smallest absolute Gasteiger partial charge is 0.191 e. The molecular formula is C19H17NO3. The van der Waals surface area contributed by atoms with Gasteiger partial charge in [-0.2, -0.15) is 0 Å². The summed E-state index contributed by atoms with van der Waals surface area (Å²) in [7, 11) is 1.58. The maximum atomic E-state index is 12.1. The monoisotopic (exact) mass is 307 g/mol. The van der Waals surface area contributed by atoms with Gasteiger partial charge < -0.3 is 14.8 Å². The van der Waals surface area contributed by atoms with Crippen molar-refractivity contribution >= 4 is 5.69 Å². The number of hydrogen-bond donors (Lipinski definition) is 1. The van der Waals surface area contributed by atoms with Gasteiger partial charge in [-0.1, -0.05) is 42.5 Å². The first-order chi connectivity index (χ1) is 11.3. The van der Waals surface area contributed by atoms with E-state index in [1.165, 1.54) is 0 Å². The lowest BCUT2D eigenvalue weighted by atomic mass is 10.1. The third-order valence-electron chi connectivity index (χ3n) is 3.50. The highest BCUT2D eigenvalue weighted by Gasteiger charge is 2.06. The van der Waals surface area contributed by atoms with Crippen molar-refractivity contribution in [1.29, 1.82) is 0 Å². The summed E-state index contributed by atoms with van der Waals surface area (Å²) in [5.41, 5.74) is 2.69. The van der Waals surface area contributed by atoms with Gasteiger partial charge in [-0.15, -0.1) is 5.23 Å². The number of quaternary nitrogens is 1. The summed E-state index contributed by atoms with van der Waals surface area (Å²) < 4.78 is 5.07. The number of methoxy groups -OCH3 is 1. The highest BCUT2D eigenvalue weighted by atomic mass is 16.9. The maximum Gasteiger partial charge on any atom is 0.191 e. The van der Waals surface area contributed by atoms with Gasteiger partial charge in [0.2, 0.25) is 0 Å². The normalized spacial score (nSPS) is 11.7. The van der Waals surface area contributed by atoms with Gasteiger partial charge in [-0.3, -0.25) is 0 Å². The molecule has 0 saturated heterocycles. The summed E-state index contributed by atoms with van der Waals surface area (Å²) in [6.07, 6.45) is 0. The Morgan fingerprint density at radius 2 is 1.26 bits per heavy atom. The molecule has 0 aliphatic rings. The molecule has 3 aromatic rings. The van der Waals surface area contributed by atoms with Crippen molar-refractivity contribution in [2.75, 3.05) is 7.11 Å². The minimum Gasteiger partial charge on any atom is -0.585 e. The van der Waals surface area contributed by atoms with Crippen molar-refractivity contribution in [2.45, 2.75) is 0 Å². The van der Waals surface area contributed by atoms with Crippen LogP contribution in [0.1, 0.15) is 0 Å². The van der Waals surface area contributed by atoms with E-state index in [9.17, 15) is 5.21 Å². The average Bonchev–Trinajstić information content (AvgIpc) is 2.63. The van der Waals surface area contributed by atoms with Crippen molar-refractivity contribution in [3.05, 3.63) is 84.1 Å². The molecule has 1 unspecified atom stereocenters. The number of benzene rings is 3. The Bertz CT molecular complexity index is 740. The predicted molar refractivity (Wildman–Crippen MR) is 89.5 cm³/mol. The molecule has 0 heterocycles. The maximum absolute atomic E-state index is 12.1. The summed E-state index contributed by atoms with van der Waals surface area (Å²) in [4.78, 5) is 5.39. The number of hydrogen-bond acceptors (Lipinski definition) is 3. The SMILES string of the molecule is COc1ccc([NH+]([O-])Oc2ccc(-c3ccccc3)cc2)cc1.